The Morgan fingerprint density at radius 3 is 2.68 bits per heavy atom. The average Bonchev–Trinajstić information content (AvgIpc) is 2.62. The summed E-state index contributed by atoms with van der Waals surface area (Å²) in [6.45, 7) is 4.68. The molecule has 120 valence electrons. The molecule has 2 saturated heterocycles. The van der Waals surface area contributed by atoms with E-state index in [4.69, 9.17) is 4.74 Å². The van der Waals surface area contributed by atoms with Crippen LogP contribution in [0.4, 0.5) is 0 Å². The summed E-state index contributed by atoms with van der Waals surface area (Å²) in [7, 11) is 0. The van der Waals surface area contributed by atoms with Crippen molar-refractivity contribution in [2.75, 3.05) is 19.7 Å². The Morgan fingerprint density at radius 2 is 2.00 bits per heavy atom. The summed E-state index contributed by atoms with van der Waals surface area (Å²) in [6, 6.07) is 4.20. The smallest absolute Gasteiger partial charge is 0.228 e. The summed E-state index contributed by atoms with van der Waals surface area (Å²) in [5, 5.41) is 0. The van der Waals surface area contributed by atoms with Crippen LogP contribution >= 0.6 is 0 Å². The first-order valence-electron chi connectivity index (χ1n) is 8.60. The normalized spacial score (nSPS) is 26.9. The van der Waals surface area contributed by atoms with Crippen molar-refractivity contribution in [2.24, 2.45) is 5.92 Å². The Morgan fingerprint density at radius 1 is 1.27 bits per heavy atom. The molecule has 4 heteroatoms. The highest BCUT2D eigenvalue weighted by atomic mass is 16.5. The molecule has 0 unspecified atom stereocenters. The van der Waals surface area contributed by atoms with E-state index >= 15 is 0 Å². The van der Waals surface area contributed by atoms with Crippen molar-refractivity contribution in [3.8, 4) is 0 Å². The highest BCUT2D eigenvalue weighted by Gasteiger charge is 2.35. The Balaban J connectivity index is 1.57. The fourth-order valence-electron chi connectivity index (χ4n) is 3.83. The zero-order valence-electron chi connectivity index (χ0n) is 13.4. The molecular formula is C18H26N2O2. The van der Waals surface area contributed by atoms with Gasteiger partial charge in [-0.2, -0.15) is 0 Å². The van der Waals surface area contributed by atoms with Gasteiger partial charge in [-0.3, -0.25) is 9.78 Å². The lowest BCUT2D eigenvalue weighted by molar-refractivity contribution is -0.146. The van der Waals surface area contributed by atoms with Gasteiger partial charge in [-0.05, 0) is 55.7 Å². The van der Waals surface area contributed by atoms with Gasteiger partial charge in [-0.1, -0.05) is 6.92 Å². The molecule has 2 aliphatic heterocycles. The van der Waals surface area contributed by atoms with E-state index < -0.39 is 0 Å². The number of carbonyl (C=O) groups is 1. The van der Waals surface area contributed by atoms with E-state index in [-0.39, 0.29) is 12.0 Å². The Bertz CT molecular complexity index is 483. The first-order chi connectivity index (χ1) is 10.8. The summed E-state index contributed by atoms with van der Waals surface area (Å²) >= 11 is 0. The Kier molecular flexibility index (Phi) is 5.08. The quantitative estimate of drug-likeness (QED) is 0.862. The standard InChI is InChI=1S/C18H26N2O2/c1-2-17-16(4-3-13-22-17)18(21)20-11-7-15(8-12-20)14-5-9-19-10-6-14/h5-6,9-10,15-17H,2-4,7-8,11-13H2,1H3/t16-,17+/m1/s1. The van der Waals surface area contributed by atoms with Crippen LogP contribution in [0.5, 0.6) is 0 Å². The molecule has 0 saturated carbocycles. The molecular weight excluding hydrogens is 276 g/mol. The first-order valence-corrected chi connectivity index (χ1v) is 8.60. The van der Waals surface area contributed by atoms with Gasteiger partial charge >= 0.3 is 0 Å². The lowest BCUT2D eigenvalue weighted by atomic mass is 9.87. The summed E-state index contributed by atoms with van der Waals surface area (Å²) in [6.07, 6.45) is 8.89. The lowest BCUT2D eigenvalue weighted by Gasteiger charge is -2.38. The van der Waals surface area contributed by atoms with E-state index in [1.807, 2.05) is 12.4 Å². The molecule has 4 nitrogen and oxygen atoms in total. The molecule has 0 radical (unpaired) electrons. The van der Waals surface area contributed by atoms with E-state index in [9.17, 15) is 4.79 Å². The second kappa shape index (κ2) is 7.23. The molecule has 3 heterocycles. The Labute approximate surface area is 132 Å². The van der Waals surface area contributed by atoms with Crippen LogP contribution in [0, 0.1) is 5.92 Å². The van der Waals surface area contributed by atoms with E-state index in [0.717, 1.165) is 51.8 Å². The van der Waals surface area contributed by atoms with Crippen molar-refractivity contribution in [3.05, 3.63) is 30.1 Å². The van der Waals surface area contributed by atoms with Gasteiger partial charge in [0.2, 0.25) is 5.91 Å². The van der Waals surface area contributed by atoms with Gasteiger partial charge in [-0.25, -0.2) is 0 Å². The van der Waals surface area contributed by atoms with Gasteiger partial charge in [0.25, 0.3) is 0 Å². The van der Waals surface area contributed by atoms with Gasteiger partial charge in [0.05, 0.1) is 12.0 Å². The number of hydrogen-bond acceptors (Lipinski definition) is 3. The van der Waals surface area contributed by atoms with Crippen molar-refractivity contribution in [3.63, 3.8) is 0 Å². The van der Waals surface area contributed by atoms with E-state index in [0.29, 0.717) is 11.8 Å². The van der Waals surface area contributed by atoms with Crippen LogP contribution in [0.3, 0.4) is 0 Å². The monoisotopic (exact) mass is 302 g/mol. The third-order valence-corrected chi connectivity index (χ3v) is 5.14. The second-order valence-electron chi connectivity index (χ2n) is 6.45. The topological polar surface area (TPSA) is 42.4 Å². The zero-order chi connectivity index (χ0) is 15.4. The van der Waals surface area contributed by atoms with Crippen LogP contribution in [-0.4, -0.2) is 41.6 Å². The van der Waals surface area contributed by atoms with Crippen LogP contribution in [-0.2, 0) is 9.53 Å². The molecule has 0 bridgehead atoms. The zero-order valence-corrected chi connectivity index (χ0v) is 13.4. The van der Waals surface area contributed by atoms with E-state index in [1.54, 1.807) is 0 Å². The number of ether oxygens (including phenoxy) is 1. The number of pyridine rings is 1. The minimum absolute atomic E-state index is 0.0798. The van der Waals surface area contributed by atoms with Gasteiger partial charge < -0.3 is 9.64 Å². The summed E-state index contributed by atoms with van der Waals surface area (Å²) < 4.78 is 5.79. The molecule has 0 spiro atoms. The number of aromatic nitrogens is 1. The van der Waals surface area contributed by atoms with Crippen LogP contribution < -0.4 is 0 Å². The maximum Gasteiger partial charge on any atom is 0.228 e. The Hall–Kier alpha value is -1.42. The third-order valence-electron chi connectivity index (χ3n) is 5.14. The summed E-state index contributed by atoms with van der Waals surface area (Å²) in [5.74, 6) is 0.965. The third kappa shape index (κ3) is 3.32. The average molecular weight is 302 g/mol. The van der Waals surface area contributed by atoms with Crippen molar-refractivity contribution in [2.45, 2.75) is 51.0 Å². The van der Waals surface area contributed by atoms with Crippen molar-refractivity contribution < 1.29 is 9.53 Å². The molecule has 2 aliphatic rings. The minimum Gasteiger partial charge on any atom is -0.377 e. The van der Waals surface area contributed by atoms with Crippen molar-refractivity contribution >= 4 is 5.91 Å². The molecule has 1 aromatic heterocycles. The molecule has 2 fully saturated rings. The predicted octanol–water partition coefficient (Wildman–Crippen LogP) is 2.99. The number of amides is 1. The molecule has 3 rings (SSSR count). The summed E-state index contributed by atoms with van der Waals surface area (Å²) in [4.78, 5) is 19.0. The molecule has 0 aromatic carbocycles. The number of carbonyl (C=O) groups excluding carboxylic acids is 1. The molecule has 0 N–H and O–H groups in total. The highest BCUT2D eigenvalue weighted by molar-refractivity contribution is 5.79. The number of rotatable bonds is 3. The van der Waals surface area contributed by atoms with Crippen molar-refractivity contribution in [1.29, 1.82) is 0 Å². The van der Waals surface area contributed by atoms with Crippen LogP contribution in [0.1, 0.15) is 50.5 Å². The van der Waals surface area contributed by atoms with E-state index in [2.05, 4.69) is 28.9 Å². The van der Waals surface area contributed by atoms with Gasteiger partial charge in [0.1, 0.15) is 0 Å². The minimum atomic E-state index is 0.0798. The number of hydrogen-bond donors (Lipinski definition) is 0. The molecule has 0 aliphatic carbocycles. The summed E-state index contributed by atoms with van der Waals surface area (Å²) in [5.41, 5.74) is 1.36. The van der Waals surface area contributed by atoms with E-state index in [1.165, 1.54) is 5.56 Å². The predicted molar refractivity (Wildman–Crippen MR) is 85.5 cm³/mol. The first kappa shape index (κ1) is 15.5. The highest BCUT2D eigenvalue weighted by Crippen LogP contribution is 2.30. The largest absolute Gasteiger partial charge is 0.377 e. The SMILES string of the molecule is CC[C@@H]1OCCC[C@H]1C(=O)N1CCC(c2ccncc2)CC1. The van der Waals surface area contributed by atoms with Crippen LogP contribution in [0.25, 0.3) is 0 Å². The molecule has 22 heavy (non-hydrogen) atoms. The van der Waals surface area contributed by atoms with Crippen molar-refractivity contribution in [1.82, 2.24) is 9.88 Å². The number of nitrogens with zero attached hydrogens (tertiary/aromatic N) is 2. The fraction of sp³-hybridized carbons (Fsp3) is 0.667. The maximum absolute atomic E-state index is 12.8. The lowest BCUT2D eigenvalue weighted by Crippen LogP contribution is -2.46. The molecule has 2 atom stereocenters. The van der Waals surface area contributed by atoms with Gasteiger partial charge in [-0.15, -0.1) is 0 Å². The number of piperidine rings is 1. The molecule has 1 amide bonds. The number of likely N-dealkylation sites (tertiary alicyclic amines) is 1. The second-order valence-corrected chi connectivity index (χ2v) is 6.45. The maximum atomic E-state index is 12.8. The molecule has 1 aromatic rings. The van der Waals surface area contributed by atoms with Crippen LogP contribution in [0.2, 0.25) is 0 Å². The van der Waals surface area contributed by atoms with Gasteiger partial charge in [0.15, 0.2) is 0 Å². The van der Waals surface area contributed by atoms with Gasteiger partial charge in [0, 0.05) is 32.1 Å². The van der Waals surface area contributed by atoms with Crippen LogP contribution in [0.15, 0.2) is 24.5 Å². The fourth-order valence-corrected chi connectivity index (χ4v) is 3.83.